The Balaban J connectivity index is 2.98. The molecule has 0 heterocycles. The summed E-state index contributed by atoms with van der Waals surface area (Å²) in [6.45, 7) is 6.53. The molecule has 17 heavy (non-hydrogen) atoms. The monoisotopic (exact) mass is 239 g/mol. The zero-order valence-electron chi connectivity index (χ0n) is 10.7. The first kappa shape index (κ1) is 13.6. The summed E-state index contributed by atoms with van der Waals surface area (Å²) in [5.74, 6) is 0.741. The molecule has 0 radical (unpaired) electrons. The summed E-state index contributed by atoms with van der Waals surface area (Å²) in [7, 11) is 0. The highest BCUT2D eigenvalue weighted by Gasteiger charge is 2.20. The first-order valence-electron chi connectivity index (χ1n) is 5.73. The second-order valence-corrected chi connectivity index (χ2v) is 5.08. The van der Waals surface area contributed by atoms with E-state index < -0.39 is 0 Å². The molecule has 0 bridgehead atoms. The number of nitrogens with two attached hydrogens (primary N) is 1. The number of ether oxygens (including phenoxy) is 1. The third-order valence-electron chi connectivity index (χ3n) is 2.49. The standard InChI is InChI=1S/C13H21NO3/c1-13(2,3)10-7-9(17-6-4-5-15)8-11(14)12(10)16/h7-8,15-16H,4-6,14H2,1-3H3. The molecule has 0 saturated heterocycles. The van der Waals surface area contributed by atoms with Gasteiger partial charge in [0, 0.05) is 24.7 Å². The minimum Gasteiger partial charge on any atom is -0.505 e. The Morgan fingerprint density at radius 2 is 1.94 bits per heavy atom. The Labute approximate surface area is 102 Å². The summed E-state index contributed by atoms with van der Waals surface area (Å²) >= 11 is 0. The number of aliphatic hydroxyl groups is 1. The van der Waals surface area contributed by atoms with Crippen LogP contribution in [0.4, 0.5) is 5.69 Å². The molecule has 4 heteroatoms. The fraction of sp³-hybridized carbons (Fsp3) is 0.538. The number of phenols is 1. The van der Waals surface area contributed by atoms with Crippen molar-refractivity contribution in [2.24, 2.45) is 0 Å². The summed E-state index contributed by atoms with van der Waals surface area (Å²) in [5, 5.41) is 18.6. The largest absolute Gasteiger partial charge is 0.505 e. The predicted octanol–water partition coefficient (Wildman–Crippen LogP) is 2.03. The van der Waals surface area contributed by atoms with Crippen molar-refractivity contribution in [3.8, 4) is 11.5 Å². The van der Waals surface area contributed by atoms with Crippen molar-refractivity contribution >= 4 is 5.69 Å². The topological polar surface area (TPSA) is 75.7 Å². The lowest BCUT2D eigenvalue weighted by molar-refractivity contribution is 0.233. The van der Waals surface area contributed by atoms with Gasteiger partial charge in [0.2, 0.25) is 0 Å². The number of nitrogen functional groups attached to an aromatic ring is 1. The average Bonchev–Trinajstić information content (AvgIpc) is 2.21. The second kappa shape index (κ2) is 5.27. The van der Waals surface area contributed by atoms with Gasteiger partial charge in [-0.2, -0.15) is 0 Å². The van der Waals surface area contributed by atoms with E-state index in [1.807, 2.05) is 20.8 Å². The maximum absolute atomic E-state index is 9.91. The number of hydrogen-bond acceptors (Lipinski definition) is 4. The van der Waals surface area contributed by atoms with Gasteiger partial charge in [-0.1, -0.05) is 20.8 Å². The Bertz CT molecular complexity index is 383. The first-order valence-corrected chi connectivity index (χ1v) is 5.73. The molecule has 4 nitrogen and oxygen atoms in total. The van der Waals surface area contributed by atoms with Crippen molar-refractivity contribution in [2.45, 2.75) is 32.6 Å². The van der Waals surface area contributed by atoms with Gasteiger partial charge in [-0.25, -0.2) is 0 Å². The van der Waals surface area contributed by atoms with Crippen LogP contribution in [0.3, 0.4) is 0 Å². The minimum absolute atomic E-state index is 0.0969. The molecule has 1 rings (SSSR count). The Morgan fingerprint density at radius 3 is 2.47 bits per heavy atom. The van der Waals surface area contributed by atoms with E-state index in [1.54, 1.807) is 12.1 Å². The van der Waals surface area contributed by atoms with E-state index in [9.17, 15) is 5.11 Å². The van der Waals surface area contributed by atoms with Gasteiger partial charge in [-0.05, 0) is 11.5 Å². The van der Waals surface area contributed by atoms with E-state index in [4.69, 9.17) is 15.6 Å². The highest BCUT2D eigenvalue weighted by molar-refractivity contribution is 5.61. The van der Waals surface area contributed by atoms with Crippen LogP contribution >= 0.6 is 0 Å². The van der Waals surface area contributed by atoms with E-state index in [0.29, 0.717) is 24.5 Å². The van der Waals surface area contributed by atoms with E-state index >= 15 is 0 Å². The maximum Gasteiger partial charge on any atom is 0.142 e. The molecule has 0 spiro atoms. The number of anilines is 1. The van der Waals surface area contributed by atoms with Crippen LogP contribution < -0.4 is 10.5 Å². The lowest BCUT2D eigenvalue weighted by atomic mass is 9.86. The van der Waals surface area contributed by atoms with Crippen LogP contribution in [0.15, 0.2) is 12.1 Å². The van der Waals surface area contributed by atoms with Gasteiger partial charge in [0.05, 0.1) is 12.3 Å². The quantitative estimate of drug-likeness (QED) is 0.427. The van der Waals surface area contributed by atoms with E-state index in [0.717, 1.165) is 5.56 Å². The molecule has 1 aromatic rings. The molecular weight excluding hydrogens is 218 g/mol. The number of rotatable bonds is 4. The van der Waals surface area contributed by atoms with Gasteiger partial charge >= 0.3 is 0 Å². The smallest absolute Gasteiger partial charge is 0.142 e. The van der Waals surface area contributed by atoms with Gasteiger partial charge in [0.1, 0.15) is 11.5 Å². The van der Waals surface area contributed by atoms with E-state index in [2.05, 4.69) is 0 Å². The van der Waals surface area contributed by atoms with Gasteiger partial charge < -0.3 is 20.7 Å². The number of hydrogen-bond donors (Lipinski definition) is 3. The predicted molar refractivity (Wildman–Crippen MR) is 68.4 cm³/mol. The van der Waals surface area contributed by atoms with Gasteiger partial charge in [-0.3, -0.25) is 0 Å². The molecule has 0 aliphatic rings. The maximum atomic E-state index is 9.91. The van der Waals surface area contributed by atoms with Crippen molar-refractivity contribution in [1.29, 1.82) is 0 Å². The molecule has 0 aliphatic carbocycles. The van der Waals surface area contributed by atoms with Crippen LogP contribution in [0.1, 0.15) is 32.8 Å². The van der Waals surface area contributed by atoms with Gasteiger partial charge in [0.25, 0.3) is 0 Å². The molecule has 0 amide bonds. The molecule has 1 aromatic carbocycles. The fourth-order valence-electron chi connectivity index (χ4n) is 1.54. The summed E-state index contributed by atoms with van der Waals surface area (Å²) in [5.41, 5.74) is 6.62. The highest BCUT2D eigenvalue weighted by atomic mass is 16.5. The zero-order valence-corrected chi connectivity index (χ0v) is 10.7. The number of phenolic OH excluding ortho intramolecular Hbond substituents is 1. The van der Waals surface area contributed by atoms with Crippen LogP contribution in [-0.4, -0.2) is 23.4 Å². The van der Waals surface area contributed by atoms with Gasteiger partial charge in [-0.15, -0.1) is 0 Å². The number of benzene rings is 1. The van der Waals surface area contributed by atoms with Gasteiger partial charge in [0.15, 0.2) is 0 Å². The van der Waals surface area contributed by atoms with Crippen molar-refractivity contribution < 1.29 is 14.9 Å². The normalized spacial score (nSPS) is 11.5. The Hall–Kier alpha value is -1.42. The SMILES string of the molecule is CC(C)(C)c1cc(OCCCO)cc(N)c1O. The molecule has 0 fully saturated rings. The lowest BCUT2D eigenvalue weighted by Gasteiger charge is -2.22. The van der Waals surface area contributed by atoms with Crippen LogP contribution in [0.25, 0.3) is 0 Å². The van der Waals surface area contributed by atoms with E-state index in [-0.39, 0.29) is 17.8 Å². The summed E-state index contributed by atoms with van der Waals surface area (Å²) in [6.07, 6.45) is 0.575. The molecule has 4 N–H and O–H groups in total. The van der Waals surface area contributed by atoms with Crippen LogP contribution in [0.2, 0.25) is 0 Å². The number of aliphatic hydroxyl groups excluding tert-OH is 1. The molecule has 0 aromatic heterocycles. The Kier molecular flexibility index (Phi) is 4.23. The summed E-state index contributed by atoms with van der Waals surface area (Å²) < 4.78 is 5.47. The molecule has 0 saturated carbocycles. The third kappa shape index (κ3) is 3.53. The summed E-state index contributed by atoms with van der Waals surface area (Å²) in [4.78, 5) is 0. The number of aromatic hydroxyl groups is 1. The zero-order chi connectivity index (χ0) is 13.1. The van der Waals surface area contributed by atoms with Crippen LogP contribution in [-0.2, 0) is 5.41 Å². The Morgan fingerprint density at radius 1 is 1.29 bits per heavy atom. The molecule has 0 aliphatic heterocycles. The average molecular weight is 239 g/mol. The van der Waals surface area contributed by atoms with Crippen molar-refractivity contribution in [3.63, 3.8) is 0 Å². The van der Waals surface area contributed by atoms with Crippen molar-refractivity contribution in [1.82, 2.24) is 0 Å². The van der Waals surface area contributed by atoms with E-state index in [1.165, 1.54) is 0 Å². The third-order valence-corrected chi connectivity index (χ3v) is 2.49. The molecule has 96 valence electrons. The summed E-state index contributed by atoms with van der Waals surface area (Å²) in [6, 6.07) is 3.39. The van der Waals surface area contributed by atoms with Crippen LogP contribution in [0.5, 0.6) is 11.5 Å². The minimum atomic E-state index is -0.200. The fourth-order valence-corrected chi connectivity index (χ4v) is 1.54. The first-order chi connectivity index (χ1) is 7.86. The molecular formula is C13H21NO3. The molecule has 0 unspecified atom stereocenters. The second-order valence-electron chi connectivity index (χ2n) is 5.08. The lowest BCUT2D eigenvalue weighted by Crippen LogP contribution is -2.13. The highest BCUT2D eigenvalue weighted by Crippen LogP contribution is 2.38. The molecule has 0 atom stereocenters. The van der Waals surface area contributed by atoms with Crippen molar-refractivity contribution in [2.75, 3.05) is 18.9 Å². The van der Waals surface area contributed by atoms with Crippen LogP contribution in [0, 0.1) is 0 Å². The van der Waals surface area contributed by atoms with Crippen molar-refractivity contribution in [3.05, 3.63) is 17.7 Å².